The molecular weight excluding hydrogens is 401 g/mol. The molecule has 0 aromatic heterocycles. The van der Waals surface area contributed by atoms with Gasteiger partial charge in [-0.25, -0.2) is 0 Å². The summed E-state index contributed by atoms with van der Waals surface area (Å²) in [4.78, 5) is 11.7. The van der Waals surface area contributed by atoms with E-state index in [1.807, 2.05) is 97.1 Å². The average molecular weight is 420 g/mol. The van der Waals surface area contributed by atoms with Gasteiger partial charge in [0.1, 0.15) is 0 Å². The van der Waals surface area contributed by atoms with Crippen LogP contribution in [0, 0.1) is 10.1 Å². The van der Waals surface area contributed by atoms with Crippen LogP contribution in [-0.2, 0) is 0 Å². The van der Waals surface area contributed by atoms with Gasteiger partial charge in [0, 0.05) is 0 Å². The van der Waals surface area contributed by atoms with Crippen LogP contribution >= 0.6 is 17.2 Å². The number of para-hydroxylation sites is 1. The molecule has 4 aromatic carbocycles. The molecule has 0 aliphatic carbocycles. The average Bonchev–Trinajstić information content (AvgIpc) is 2.80. The fourth-order valence-electron chi connectivity index (χ4n) is 3.96. The SMILES string of the molecule is O=[N+]([O-])c1ccccc1P(Cl)(c1ccccc1)(c1ccccc1)c1ccccc1. The number of nitrogens with zero attached hydrogens (tertiary/aromatic N) is 1. The molecule has 0 radical (unpaired) electrons. The number of rotatable bonds is 5. The van der Waals surface area contributed by atoms with Crippen molar-refractivity contribution in [2.75, 3.05) is 0 Å². The topological polar surface area (TPSA) is 43.1 Å². The van der Waals surface area contributed by atoms with Crippen LogP contribution in [0.15, 0.2) is 115 Å². The van der Waals surface area contributed by atoms with Crippen molar-refractivity contribution in [3.63, 3.8) is 0 Å². The van der Waals surface area contributed by atoms with Gasteiger partial charge in [0.15, 0.2) is 0 Å². The van der Waals surface area contributed by atoms with E-state index in [1.165, 1.54) is 6.07 Å². The van der Waals surface area contributed by atoms with E-state index in [-0.39, 0.29) is 10.6 Å². The second-order valence-electron chi connectivity index (χ2n) is 6.76. The van der Waals surface area contributed by atoms with Crippen molar-refractivity contribution in [3.05, 3.63) is 125 Å². The summed E-state index contributed by atoms with van der Waals surface area (Å²) in [5.74, 6) is -3.90. The molecule has 0 bridgehead atoms. The molecule has 0 N–H and O–H groups in total. The molecule has 3 nitrogen and oxygen atoms in total. The molecule has 0 heterocycles. The number of hydrogen-bond acceptors (Lipinski definition) is 2. The van der Waals surface area contributed by atoms with Gasteiger partial charge in [0.05, 0.1) is 0 Å². The van der Waals surface area contributed by atoms with E-state index in [1.54, 1.807) is 12.1 Å². The Labute approximate surface area is 174 Å². The Balaban J connectivity index is 2.29. The van der Waals surface area contributed by atoms with Gasteiger partial charge in [-0.05, 0) is 0 Å². The zero-order valence-electron chi connectivity index (χ0n) is 15.6. The fraction of sp³-hybridized carbons (Fsp3) is 0. The number of halogens is 1. The van der Waals surface area contributed by atoms with Gasteiger partial charge < -0.3 is 0 Å². The van der Waals surface area contributed by atoms with Crippen LogP contribution in [0.5, 0.6) is 0 Å². The summed E-state index contributed by atoms with van der Waals surface area (Å²) < 4.78 is 0. The molecule has 144 valence electrons. The van der Waals surface area contributed by atoms with Crippen LogP contribution in [-0.4, -0.2) is 4.92 Å². The second-order valence-corrected chi connectivity index (χ2v) is 12.8. The van der Waals surface area contributed by atoms with Crippen LogP contribution in [0.3, 0.4) is 0 Å². The molecular formula is C24H19ClNO2P. The van der Waals surface area contributed by atoms with Crippen LogP contribution in [0.1, 0.15) is 0 Å². The number of nitro benzene ring substituents is 1. The van der Waals surface area contributed by atoms with Crippen molar-refractivity contribution in [3.8, 4) is 0 Å². The van der Waals surface area contributed by atoms with Gasteiger partial charge >= 0.3 is 174 Å². The van der Waals surface area contributed by atoms with E-state index in [0.717, 1.165) is 15.9 Å². The molecule has 0 aliphatic rings. The Morgan fingerprint density at radius 3 is 1.31 bits per heavy atom. The normalized spacial score (nSPS) is 12.7. The molecule has 29 heavy (non-hydrogen) atoms. The van der Waals surface area contributed by atoms with Gasteiger partial charge in [-0.15, -0.1) is 0 Å². The van der Waals surface area contributed by atoms with E-state index >= 15 is 0 Å². The molecule has 0 saturated carbocycles. The summed E-state index contributed by atoms with van der Waals surface area (Å²) in [5.41, 5.74) is 0.0247. The Morgan fingerprint density at radius 1 is 0.586 bits per heavy atom. The van der Waals surface area contributed by atoms with Gasteiger partial charge in [-0.1, -0.05) is 0 Å². The summed E-state index contributed by atoms with van der Waals surface area (Å²) in [7, 11) is 0. The first-order valence-corrected chi connectivity index (χ1v) is 12.4. The minimum absolute atomic E-state index is 0.0247. The van der Waals surface area contributed by atoms with E-state index < -0.39 is 5.96 Å². The zero-order chi connectivity index (χ0) is 20.3. The zero-order valence-corrected chi connectivity index (χ0v) is 17.2. The molecule has 0 spiro atoms. The summed E-state index contributed by atoms with van der Waals surface area (Å²) in [6, 6.07) is 36.0. The maximum absolute atomic E-state index is 12.1. The Morgan fingerprint density at radius 2 is 0.931 bits per heavy atom. The predicted octanol–water partition coefficient (Wildman–Crippen LogP) is 4.90. The molecule has 0 fully saturated rings. The summed E-state index contributed by atoms with van der Waals surface area (Å²) >= 11 is 7.97. The van der Waals surface area contributed by atoms with E-state index in [9.17, 15) is 10.1 Å². The molecule has 0 amide bonds. The molecule has 0 atom stereocenters. The standard InChI is InChI=1S/C24H19ClNO2P/c25-29(20-12-4-1-5-13-20,21-14-6-2-7-15-21,22-16-8-3-9-17-22)24-19-11-10-18-23(24)26(27)28/h1-19H. The van der Waals surface area contributed by atoms with Crippen LogP contribution in [0.4, 0.5) is 5.69 Å². The molecule has 0 unspecified atom stereocenters. The van der Waals surface area contributed by atoms with Crippen LogP contribution in [0.2, 0.25) is 0 Å². The number of nitro groups is 1. The third kappa shape index (κ3) is 2.86. The molecule has 0 aliphatic heterocycles. The monoisotopic (exact) mass is 419 g/mol. The third-order valence-electron chi connectivity index (χ3n) is 5.25. The van der Waals surface area contributed by atoms with Crippen molar-refractivity contribution < 1.29 is 4.92 Å². The van der Waals surface area contributed by atoms with E-state index in [0.29, 0.717) is 5.30 Å². The number of hydrogen-bond donors (Lipinski definition) is 0. The summed E-state index contributed by atoms with van der Waals surface area (Å²) in [6.45, 7) is 0. The van der Waals surface area contributed by atoms with Crippen molar-refractivity contribution in [2.24, 2.45) is 0 Å². The van der Waals surface area contributed by atoms with Crippen LogP contribution < -0.4 is 21.2 Å². The second kappa shape index (κ2) is 7.44. The van der Waals surface area contributed by atoms with Gasteiger partial charge in [-0.2, -0.15) is 0 Å². The Bertz CT molecular complexity index is 1050. The Kier molecular flexibility index (Phi) is 4.96. The Hall–Kier alpha value is -3.00. The van der Waals surface area contributed by atoms with Crippen molar-refractivity contribution in [1.29, 1.82) is 0 Å². The molecule has 4 rings (SSSR count). The van der Waals surface area contributed by atoms with Crippen molar-refractivity contribution in [1.82, 2.24) is 0 Å². The summed E-state index contributed by atoms with van der Waals surface area (Å²) in [6.07, 6.45) is 0. The quantitative estimate of drug-likeness (QED) is 0.262. The molecule has 0 saturated heterocycles. The first kappa shape index (κ1) is 19.3. The predicted molar refractivity (Wildman–Crippen MR) is 124 cm³/mol. The minimum atomic E-state index is -3.90. The fourth-order valence-corrected chi connectivity index (χ4v) is 10.3. The first-order chi connectivity index (χ1) is 14.1. The van der Waals surface area contributed by atoms with Crippen LogP contribution in [0.25, 0.3) is 0 Å². The van der Waals surface area contributed by atoms with E-state index in [4.69, 9.17) is 11.2 Å². The number of benzene rings is 4. The van der Waals surface area contributed by atoms with E-state index in [2.05, 4.69) is 0 Å². The van der Waals surface area contributed by atoms with Crippen molar-refractivity contribution in [2.45, 2.75) is 0 Å². The summed E-state index contributed by atoms with van der Waals surface area (Å²) in [5, 5.41) is 15.2. The first-order valence-electron chi connectivity index (χ1n) is 9.21. The van der Waals surface area contributed by atoms with Gasteiger partial charge in [0.25, 0.3) is 0 Å². The molecule has 5 heteroatoms. The molecule has 4 aromatic rings. The maximum atomic E-state index is 12.1. The van der Waals surface area contributed by atoms with Gasteiger partial charge in [-0.3, -0.25) is 0 Å². The van der Waals surface area contributed by atoms with Crippen molar-refractivity contribution >= 4 is 44.1 Å². The third-order valence-corrected chi connectivity index (χ3v) is 12.6. The van der Waals surface area contributed by atoms with Gasteiger partial charge in [0.2, 0.25) is 0 Å².